The van der Waals surface area contributed by atoms with Crippen molar-refractivity contribution in [3.8, 4) is 0 Å². The molecule has 104 valence electrons. The van der Waals surface area contributed by atoms with Crippen LogP contribution in [0.25, 0.3) is 0 Å². The van der Waals surface area contributed by atoms with Crippen molar-refractivity contribution in [1.82, 2.24) is 4.90 Å². The van der Waals surface area contributed by atoms with Crippen molar-refractivity contribution in [3.63, 3.8) is 0 Å². The lowest BCUT2D eigenvalue weighted by Crippen LogP contribution is -2.38. The van der Waals surface area contributed by atoms with Crippen LogP contribution in [0.1, 0.15) is 35.0 Å². The fraction of sp³-hybridized carbons (Fsp3) is 0.538. The van der Waals surface area contributed by atoms with E-state index in [9.17, 15) is 9.59 Å². The Morgan fingerprint density at radius 1 is 1.53 bits per heavy atom. The van der Waals surface area contributed by atoms with Crippen LogP contribution in [-0.4, -0.2) is 36.0 Å². The number of esters is 1. The number of aryl methyl sites for hydroxylation is 1. The molecule has 0 saturated heterocycles. The summed E-state index contributed by atoms with van der Waals surface area (Å²) in [5.41, 5.74) is 0.891. The number of carbonyl (C=O) groups is 2. The van der Waals surface area contributed by atoms with Gasteiger partial charge in [0.1, 0.15) is 11.4 Å². The van der Waals surface area contributed by atoms with E-state index >= 15 is 0 Å². The number of ether oxygens (including phenoxy) is 1. The summed E-state index contributed by atoms with van der Waals surface area (Å²) in [6.45, 7) is 3.94. The molecule has 0 aliphatic heterocycles. The second-order valence-corrected chi connectivity index (χ2v) is 5.79. The molecule has 0 radical (unpaired) electrons. The molecule has 0 atom stereocenters. The molecular formula is C13H16ClNO3S. The molecule has 0 unspecified atom stereocenters. The zero-order valence-corrected chi connectivity index (χ0v) is 12.5. The van der Waals surface area contributed by atoms with Crippen LogP contribution in [0.2, 0.25) is 5.02 Å². The molecule has 1 aromatic rings. The van der Waals surface area contributed by atoms with Gasteiger partial charge < -0.3 is 9.64 Å². The lowest BCUT2D eigenvalue weighted by molar-refractivity contribution is -0.143. The van der Waals surface area contributed by atoms with Crippen LogP contribution in [0.3, 0.4) is 0 Å². The maximum absolute atomic E-state index is 12.4. The third-order valence-electron chi connectivity index (χ3n) is 2.95. The van der Waals surface area contributed by atoms with Gasteiger partial charge in [-0.15, -0.1) is 11.3 Å². The third kappa shape index (κ3) is 3.28. The Morgan fingerprint density at radius 3 is 2.68 bits per heavy atom. The van der Waals surface area contributed by atoms with Crippen LogP contribution >= 0.6 is 22.9 Å². The summed E-state index contributed by atoms with van der Waals surface area (Å²) in [4.78, 5) is 26.1. The van der Waals surface area contributed by atoms with Crippen molar-refractivity contribution in [2.75, 3.05) is 13.2 Å². The smallest absolute Gasteiger partial charge is 0.325 e. The molecule has 1 fully saturated rings. The molecule has 1 aliphatic rings. The molecule has 1 aromatic heterocycles. The summed E-state index contributed by atoms with van der Waals surface area (Å²) in [7, 11) is 0. The second kappa shape index (κ2) is 5.92. The zero-order chi connectivity index (χ0) is 14.0. The van der Waals surface area contributed by atoms with Crippen LogP contribution in [0, 0.1) is 6.92 Å². The standard InChI is InChI=1S/C13H16ClNO3S/c1-3-18-10(16)6-15(9-4-5-9)13(17)12-11(14)8(2)7-19-12/h7,9H,3-6H2,1-2H3. The third-order valence-corrected chi connectivity index (χ3v) is 4.63. The minimum Gasteiger partial charge on any atom is -0.465 e. The normalized spacial score (nSPS) is 14.3. The van der Waals surface area contributed by atoms with Crippen LogP contribution in [0.5, 0.6) is 0 Å². The van der Waals surface area contributed by atoms with Gasteiger partial charge in [0.2, 0.25) is 0 Å². The maximum Gasteiger partial charge on any atom is 0.325 e. The Kier molecular flexibility index (Phi) is 4.47. The van der Waals surface area contributed by atoms with E-state index in [1.165, 1.54) is 11.3 Å². The zero-order valence-electron chi connectivity index (χ0n) is 10.9. The summed E-state index contributed by atoms with van der Waals surface area (Å²) >= 11 is 7.44. The molecule has 1 heterocycles. The maximum atomic E-state index is 12.4. The largest absolute Gasteiger partial charge is 0.465 e. The van der Waals surface area contributed by atoms with Gasteiger partial charge in [-0.3, -0.25) is 9.59 Å². The summed E-state index contributed by atoms with van der Waals surface area (Å²) in [5, 5.41) is 2.34. The first-order valence-electron chi connectivity index (χ1n) is 6.24. The molecule has 1 saturated carbocycles. The SMILES string of the molecule is CCOC(=O)CN(C(=O)c1scc(C)c1Cl)C1CC1. The highest BCUT2D eigenvalue weighted by Gasteiger charge is 2.36. The Labute approximate surface area is 121 Å². The molecule has 1 amide bonds. The molecule has 19 heavy (non-hydrogen) atoms. The number of amides is 1. The Bertz CT molecular complexity index is 496. The molecule has 0 aromatic carbocycles. The van der Waals surface area contributed by atoms with Gasteiger partial charge in [0.05, 0.1) is 11.6 Å². The average molecular weight is 302 g/mol. The first-order valence-corrected chi connectivity index (χ1v) is 7.50. The molecule has 0 bridgehead atoms. The predicted octanol–water partition coefficient (Wildman–Crippen LogP) is 2.88. The summed E-state index contributed by atoms with van der Waals surface area (Å²) < 4.78 is 4.91. The van der Waals surface area contributed by atoms with E-state index in [-0.39, 0.29) is 24.5 Å². The van der Waals surface area contributed by atoms with E-state index in [0.717, 1.165) is 18.4 Å². The topological polar surface area (TPSA) is 46.6 Å². The lowest BCUT2D eigenvalue weighted by Gasteiger charge is -2.20. The lowest BCUT2D eigenvalue weighted by atomic mass is 10.3. The highest BCUT2D eigenvalue weighted by atomic mass is 35.5. The van der Waals surface area contributed by atoms with E-state index in [2.05, 4.69) is 0 Å². The van der Waals surface area contributed by atoms with Crippen molar-refractivity contribution >= 4 is 34.8 Å². The average Bonchev–Trinajstić information content (AvgIpc) is 3.15. The van der Waals surface area contributed by atoms with Gasteiger partial charge in [-0.25, -0.2) is 0 Å². The van der Waals surface area contributed by atoms with E-state index in [0.29, 0.717) is 16.5 Å². The van der Waals surface area contributed by atoms with Crippen molar-refractivity contribution in [3.05, 3.63) is 20.8 Å². The van der Waals surface area contributed by atoms with Crippen molar-refractivity contribution in [2.24, 2.45) is 0 Å². The van der Waals surface area contributed by atoms with Gasteiger partial charge in [0.15, 0.2) is 0 Å². The van der Waals surface area contributed by atoms with E-state index in [1.54, 1.807) is 11.8 Å². The van der Waals surface area contributed by atoms with Gasteiger partial charge >= 0.3 is 5.97 Å². The Morgan fingerprint density at radius 2 is 2.21 bits per heavy atom. The summed E-state index contributed by atoms with van der Waals surface area (Å²) in [6, 6.07) is 0.148. The quantitative estimate of drug-likeness (QED) is 0.786. The van der Waals surface area contributed by atoms with Crippen molar-refractivity contribution in [2.45, 2.75) is 32.7 Å². The first kappa shape index (κ1) is 14.3. The number of rotatable bonds is 5. The van der Waals surface area contributed by atoms with Crippen LogP contribution in [0.4, 0.5) is 0 Å². The molecule has 0 N–H and O–H groups in total. The van der Waals surface area contributed by atoms with E-state index in [1.807, 2.05) is 12.3 Å². The van der Waals surface area contributed by atoms with Gasteiger partial charge in [0.25, 0.3) is 5.91 Å². The van der Waals surface area contributed by atoms with Crippen LogP contribution in [-0.2, 0) is 9.53 Å². The van der Waals surface area contributed by atoms with Gasteiger partial charge in [-0.2, -0.15) is 0 Å². The number of hydrogen-bond donors (Lipinski definition) is 0. The number of hydrogen-bond acceptors (Lipinski definition) is 4. The van der Waals surface area contributed by atoms with Gasteiger partial charge in [0, 0.05) is 6.04 Å². The second-order valence-electron chi connectivity index (χ2n) is 4.53. The number of thiophene rings is 1. The van der Waals surface area contributed by atoms with Gasteiger partial charge in [-0.1, -0.05) is 11.6 Å². The van der Waals surface area contributed by atoms with Crippen LogP contribution in [0.15, 0.2) is 5.38 Å². The molecule has 0 spiro atoms. The Hall–Kier alpha value is -1.07. The fourth-order valence-electron chi connectivity index (χ4n) is 1.80. The highest BCUT2D eigenvalue weighted by Crippen LogP contribution is 2.33. The monoisotopic (exact) mass is 301 g/mol. The number of nitrogens with zero attached hydrogens (tertiary/aromatic N) is 1. The minimum absolute atomic E-state index is 0.00458. The fourth-order valence-corrected chi connectivity index (χ4v) is 3.03. The van der Waals surface area contributed by atoms with Crippen LogP contribution < -0.4 is 0 Å². The molecule has 2 rings (SSSR count). The van der Waals surface area contributed by atoms with Crippen molar-refractivity contribution in [1.29, 1.82) is 0 Å². The molecular weight excluding hydrogens is 286 g/mol. The number of carbonyl (C=O) groups excluding carboxylic acids is 2. The molecule has 1 aliphatic carbocycles. The summed E-state index contributed by atoms with van der Waals surface area (Å²) in [5.74, 6) is -0.536. The Balaban J connectivity index is 2.13. The summed E-state index contributed by atoms with van der Waals surface area (Å²) in [6.07, 6.45) is 1.88. The first-order chi connectivity index (χ1) is 9.04. The van der Waals surface area contributed by atoms with Gasteiger partial charge in [-0.05, 0) is 37.6 Å². The molecule has 4 nitrogen and oxygen atoms in total. The van der Waals surface area contributed by atoms with Crippen molar-refractivity contribution < 1.29 is 14.3 Å². The minimum atomic E-state index is -0.368. The van der Waals surface area contributed by atoms with E-state index < -0.39 is 0 Å². The number of halogens is 1. The highest BCUT2D eigenvalue weighted by molar-refractivity contribution is 7.13. The van der Waals surface area contributed by atoms with E-state index in [4.69, 9.17) is 16.3 Å². The molecule has 6 heteroatoms. The predicted molar refractivity (Wildman–Crippen MR) is 74.8 cm³/mol.